The number of nitrogens with one attached hydrogen (secondary N) is 1. The summed E-state index contributed by atoms with van der Waals surface area (Å²) in [4.78, 5) is 16.9. The Morgan fingerprint density at radius 1 is 1.00 bits per heavy atom. The van der Waals surface area contributed by atoms with E-state index in [1.54, 1.807) is 12.1 Å². The lowest BCUT2D eigenvalue weighted by atomic mass is 9.89. The van der Waals surface area contributed by atoms with Crippen LogP contribution in [0.2, 0.25) is 0 Å². The summed E-state index contributed by atoms with van der Waals surface area (Å²) in [6.45, 7) is 2.72. The van der Waals surface area contributed by atoms with E-state index in [9.17, 15) is 4.79 Å². The fourth-order valence-electron chi connectivity index (χ4n) is 4.01. The normalized spacial score (nSPS) is 16.9. The fourth-order valence-corrected chi connectivity index (χ4v) is 4.01. The van der Waals surface area contributed by atoms with E-state index in [1.165, 1.54) is 6.20 Å². The zero-order chi connectivity index (χ0) is 24.0. The van der Waals surface area contributed by atoms with E-state index in [0.717, 1.165) is 35.2 Å². The van der Waals surface area contributed by atoms with Crippen molar-refractivity contribution in [1.82, 2.24) is 15.5 Å². The number of hydrogen-bond acceptors (Lipinski definition) is 6. The van der Waals surface area contributed by atoms with Gasteiger partial charge in [0.05, 0.1) is 23.8 Å². The second kappa shape index (κ2) is 10.5. The zero-order valence-electron chi connectivity index (χ0n) is 19.5. The topological polar surface area (TPSA) is 86.5 Å². The van der Waals surface area contributed by atoms with Crippen molar-refractivity contribution in [3.05, 3.63) is 101 Å². The summed E-state index contributed by atoms with van der Waals surface area (Å²) in [6, 6.07) is 23.5. The van der Waals surface area contributed by atoms with Crippen LogP contribution in [0, 0.1) is 6.92 Å². The number of amides is 1. The first-order valence-corrected chi connectivity index (χ1v) is 11.7. The van der Waals surface area contributed by atoms with Gasteiger partial charge in [-0.2, -0.15) is 0 Å². The summed E-state index contributed by atoms with van der Waals surface area (Å²) >= 11 is 0. The van der Waals surface area contributed by atoms with Crippen molar-refractivity contribution < 1.29 is 18.8 Å². The first-order chi connectivity index (χ1) is 17.2. The summed E-state index contributed by atoms with van der Waals surface area (Å²) < 4.78 is 17.1. The summed E-state index contributed by atoms with van der Waals surface area (Å²) in [6.07, 6.45) is 3.34. The largest absolute Gasteiger partial charge is 0.473 e. The van der Waals surface area contributed by atoms with Crippen LogP contribution in [0.1, 0.15) is 40.1 Å². The van der Waals surface area contributed by atoms with Gasteiger partial charge in [-0.3, -0.25) is 4.79 Å². The fraction of sp³-hybridized carbons (Fsp3) is 0.250. The Hall–Kier alpha value is -3.97. The number of rotatable bonds is 9. The molecule has 1 N–H and O–H groups in total. The third-order valence-electron chi connectivity index (χ3n) is 6.15. The second-order valence-corrected chi connectivity index (χ2v) is 8.67. The number of carbonyl (C=O) groups excluding carboxylic acids is 1. The molecule has 2 heterocycles. The maximum absolute atomic E-state index is 12.6. The quantitative estimate of drug-likeness (QED) is 0.367. The molecule has 0 aliphatic heterocycles. The molecule has 4 aromatic rings. The Balaban J connectivity index is 1.09. The lowest BCUT2D eigenvalue weighted by Crippen LogP contribution is -2.47. The maximum atomic E-state index is 12.6. The molecule has 0 spiro atoms. The van der Waals surface area contributed by atoms with Crippen LogP contribution in [0.3, 0.4) is 0 Å². The number of hydrogen-bond donors (Lipinski definition) is 1. The van der Waals surface area contributed by atoms with Gasteiger partial charge in [0.1, 0.15) is 18.1 Å². The van der Waals surface area contributed by atoms with Gasteiger partial charge < -0.3 is 19.3 Å². The monoisotopic (exact) mass is 469 g/mol. The van der Waals surface area contributed by atoms with E-state index in [4.69, 9.17) is 14.0 Å². The molecule has 1 fully saturated rings. The molecule has 1 aliphatic carbocycles. The molecule has 2 aromatic carbocycles. The number of nitrogens with zero attached hydrogens (tertiary/aromatic N) is 2. The van der Waals surface area contributed by atoms with Crippen LogP contribution < -0.4 is 10.1 Å². The standard InChI is InChI=1S/C28H27N3O4/c1-19-25(27(31-35-19)21-10-6-3-7-11-21)18-34-26-13-12-22(16-29-26)28(32)30-23-14-24(15-23)33-17-20-8-4-2-5-9-20/h2-13,16,23-24H,14-15,17-18H2,1H3,(H,30,32)/t23-,24-. The van der Waals surface area contributed by atoms with Gasteiger partial charge in [-0.25, -0.2) is 4.98 Å². The molecule has 178 valence electrons. The van der Waals surface area contributed by atoms with Gasteiger partial charge in [0, 0.05) is 23.9 Å². The Labute approximate surface area is 204 Å². The lowest BCUT2D eigenvalue weighted by Gasteiger charge is -2.35. The smallest absolute Gasteiger partial charge is 0.253 e. The summed E-state index contributed by atoms with van der Waals surface area (Å²) in [5.74, 6) is 0.988. The van der Waals surface area contributed by atoms with Crippen LogP contribution in [0.25, 0.3) is 11.3 Å². The highest BCUT2D eigenvalue weighted by atomic mass is 16.5. The predicted molar refractivity (Wildman–Crippen MR) is 131 cm³/mol. The van der Waals surface area contributed by atoms with Crippen molar-refractivity contribution in [1.29, 1.82) is 0 Å². The second-order valence-electron chi connectivity index (χ2n) is 8.67. The van der Waals surface area contributed by atoms with Crippen molar-refractivity contribution in [2.75, 3.05) is 0 Å². The van der Waals surface area contributed by atoms with Gasteiger partial charge in [-0.15, -0.1) is 0 Å². The van der Waals surface area contributed by atoms with E-state index in [-0.39, 0.29) is 24.7 Å². The molecule has 5 rings (SSSR count). The number of ether oxygens (including phenoxy) is 2. The van der Waals surface area contributed by atoms with Crippen LogP contribution in [0.15, 0.2) is 83.5 Å². The molecule has 0 bridgehead atoms. The molecule has 2 aromatic heterocycles. The minimum atomic E-state index is -0.142. The first kappa shape index (κ1) is 22.8. The van der Waals surface area contributed by atoms with Gasteiger partial charge in [0.15, 0.2) is 0 Å². The van der Waals surface area contributed by atoms with Crippen molar-refractivity contribution in [3.63, 3.8) is 0 Å². The third kappa shape index (κ3) is 5.58. The molecule has 1 saturated carbocycles. The highest BCUT2D eigenvalue weighted by molar-refractivity contribution is 5.94. The average molecular weight is 470 g/mol. The number of pyridine rings is 1. The number of aryl methyl sites for hydroxylation is 1. The minimum absolute atomic E-state index is 0.118. The van der Waals surface area contributed by atoms with Crippen molar-refractivity contribution in [2.45, 2.75) is 45.1 Å². The number of benzene rings is 2. The minimum Gasteiger partial charge on any atom is -0.473 e. The molecule has 0 saturated heterocycles. The number of aromatic nitrogens is 2. The van der Waals surface area contributed by atoms with E-state index in [0.29, 0.717) is 23.8 Å². The van der Waals surface area contributed by atoms with E-state index in [1.807, 2.05) is 67.6 Å². The molecule has 7 heteroatoms. The van der Waals surface area contributed by atoms with Crippen LogP contribution in [-0.2, 0) is 18.0 Å². The predicted octanol–water partition coefficient (Wildman–Crippen LogP) is 5.10. The van der Waals surface area contributed by atoms with Crippen LogP contribution in [0.4, 0.5) is 0 Å². The SMILES string of the molecule is Cc1onc(-c2ccccc2)c1COc1ccc(C(=O)N[C@H]2C[C@H](OCc3ccccc3)C2)cn1. The molecule has 1 amide bonds. The number of carbonyl (C=O) groups is 1. The molecule has 0 atom stereocenters. The molecule has 0 unspecified atom stereocenters. The maximum Gasteiger partial charge on any atom is 0.253 e. The zero-order valence-corrected chi connectivity index (χ0v) is 19.5. The van der Waals surface area contributed by atoms with E-state index in [2.05, 4.69) is 15.5 Å². The van der Waals surface area contributed by atoms with Crippen molar-refractivity contribution in [2.24, 2.45) is 0 Å². The van der Waals surface area contributed by atoms with Crippen LogP contribution >= 0.6 is 0 Å². The highest BCUT2D eigenvalue weighted by Crippen LogP contribution is 2.27. The Morgan fingerprint density at radius 2 is 1.74 bits per heavy atom. The lowest BCUT2D eigenvalue weighted by molar-refractivity contribution is -0.0251. The van der Waals surface area contributed by atoms with Gasteiger partial charge in [-0.05, 0) is 31.4 Å². The Bertz CT molecular complexity index is 1250. The third-order valence-corrected chi connectivity index (χ3v) is 6.15. The first-order valence-electron chi connectivity index (χ1n) is 11.7. The highest BCUT2D eigenvalue weighted by Gasteiger charge is 2.31. The van der Waals surface area contributed by atoms with Crippen molar-refractivity contribution >= 4 is 5.91 Å². The molecule has 0 radical (unpaired) electrons. The molecule has 7 nitrogen and oxygen atoms in total. The van der Waals surface area contributed by atoms with E-state index >= 15 is 0 Å². The summed E-state index contributed by atoms with van der Waals surface area (Å²) in [7, 11) is 0. The summed E-state index contributed by atoms with van der Waals surface area (Å²) in [5, 5.41) is 7.22. The molecular formula is C28H27N3O4. The van der Waals surface area contributed by atoms with Crippen molar-refractivity contribution in [3.8, 4) is 17.1 Å². The van der Waals surface area contributed by atoms with Gasteiger partial charge in [-0.1, -0.05) is 65.8 Å². The van der Waals surface area contributed by atoms with Gasteiger partial charge >= 0.3 is 0 Å². The van der Waals surface area contributed by atoms with Gasteiger partial charge in [0.2, 0.25) is 5.88 Å². The Morgan fingerprint density at radius 3 is 2.46 bits per heavy atom. The van der Waals surface area contributed by atoms with Crippen LogP contribution in [-0.4, -0.2) is 28.2 Å². The summed E-state index contributed by atoms with van der Waals surface area (Å²) in [5.41, 5.74) is 4.24. The van der Waals surface area contributed by atoms with Gasteiger partial charge in [0.25, 0.3) is 5.91 Å². The Kier molecular flexibility index (Phi) is 6.86. The molecule has 35 heavy (non-hydrogen) atoms. The van der Waals surface area contributed by atoms with E-state index < -0.39 is 0 Å². The molecular weight excluding hydrogens is 442 g/mol. The average Bonchev–Trinajstić information content (AvgIpc) is 3.25. The molecule has 1 aliphatic rings. The van der Waals surface area contributed by atoms with Crippen LogP contribution in [0.5, 0.6) is 5.88 Å².